The lowest BCUT2D eigenvalue weighted by molar-refractivity contribution is 1.31. The Morgan fingerprint density at radius 1 is 0.359 bits per heavy atom. The number of fused-ring (bicyclic) bond motifs is 16. The fourth-order valence-electron chi connectivity index (χ4n) is 9.98. The molecular formula is C60H38N4. The lowest BCUT2D eigenvalue weighted by atomic mass is 9.90. The number of aromatic nitrogens is 4. The van der Waals surface area contributed by atoms with Gasteiger partial charge in [-0.3, -0.25) is 0 Å². The van der Waals surface area contributed by atoms with Gasteiger partial charge in [-0.2, -0.15) is 0 Å². The minimum Gasteiger partial charge on any atom is -0.355 e. The number of benzene rings is 8. The molecule has 0 aliphatic carbocycles. The Hall–Kier alpha value is -8.60. The van der Waals surface area contributed by atoms with Gasteiger partial charge in [0.2, 0.25) is 0 Å². The van der Waals surface area contributed by atoms with Crippen LogP contribution in [0.25, 0.3) is 122 Å². The molecule has 0 radical (unpaired) electrons. The van der Waals surface area contributed by atoms with E-state index >= 15 is 0 Å². The molecule has 64 heavy (non-hydrogen) atoms. The van der Waals surface area contributed by atoms with E-state index in [1.807, 2.05) is 0 Å². The molecule has 11 aromatic rings. The second-order valence-corrected chi connectivity index (χ2v) is 16.7. The van der Waals surface area contributed by atoms with Gasteiger partial charge in [-0.05, 0) is 103 Å². The van der Waals surface area contributed by atoms with E-state index in [4.69, 9.17) is 9.97 Å². The first-order valence-electron chi connectivity index (χ1n) is 21.8. The first-order valence-corrected chi connectivity index (χ1v) is 21.8. The summed E-state index contributed by atoms with van der Waals surface area (Å²) in [5.41, 5.74) is 18.4. The number of H-pyrrole nitrogens is 2. The lowest BCUT2D eigenvalue weighted by Gasteiger charge is -2.12. The molecule has 298 valence electrons. The summed E-state index contributed by atoms with van der Waals surface area (Å²) < 4.78 is 0. The number of aromatic amines is 2. The molecule has 5 heterocycles. The Balaban J connectivity index is 1.24. The fourth-order valence-corrected chi connectivity index (χ4v) is 9.98. The van der Waals surface area contributed by atoms with Crippen molar-refractivity contribution in [2.24, 2.45) is 0 Å². The van der Waals surface area contributed by atoms with Crippen LogP contribution in [0.4, 0.5) is 0 Å². The normalized spacial score (nSPS) is 12.2. The molecule has 0 unspecified atom stereocenters. The number of nitrogens with zero attached hydrogens (tertiary/aromatic N) is 2. The van der Waals surface area contributed by atoms with Gasteiger partial charge in [-0.15, -0.1) is 0 Å². The van der Waals surface area contributed by atoms with Crippen molar-refractivity contribution in [2.45, 2.75) is 0 Å². The van der Waals surface area contributed by atoms with Crippen LogP contribution in [0.15, 0.2) is 212 Å². The summed E-state index contributed by atoms with van der Waals surface area (Å²) >= 11 is 0. The molecule has 0 saturated heterocycles. The van der Waals surface area contributed by atoms with Gasteiger partial charge in [0.05, 0.1) is 28.3 Å². The van der Waals surface area contributed by atoms with Crippen molar-refractivity contribution in [1.29, 1.82) is 0 Å². The van der Waals surface area contributed by atoms with Crippen molar-refractivity contribution >= 4 is 66.0 Å². The van der Waals surface area contributed by atoms with Gasteiger partial charge in [0.25, 0.3) is 0 Å². The summed E-state index contributed by atoms with van der Waals surface area (Å²) in [5, 5.41) is 7.26. The minimum absolute atomic E-state index is 0.870. The predicted molar refractivity (Wildman–Crippen MR) is 268 cm³/mol. The number of nitrogens with one attached hydrogen (secondary N) is 2. The van der Waals surface area contributed by atoms with Gasteiger partial charge in [0, 0.05) is 49.9 Å². The van der Waals surface area contributed by atoms with E-state index in [9.17, 15) is 0 Å². The van der Waals surface area contributed by atoms with Crippen LogP contribution in [-0.4, -0.2) is 19.9 Å². The van der Waals surface area contributed by atoms with Gasteiger partial charge >= 0.3 is 0 Å². The second kappa shape index (κ2) is 14.5. The van der Waals surface area contributed by atoms with E-state index in [1.54, 1.807) is 0 Å². The van der Waals surface area contributed by atoms with Gasteiger partial charge in [-0.25, -0.2) is 9.97 Å². The van der Waals surface area contributed by atoms with Crippen molar-refractivity contribution in [3.8, 4) is 55.9 Å². The Kier molecular flexibility index (Phi) is 8.18. The van der Waals surface area contributed by atoms with Crippen molar-refractivity contribution in [2.75, 3.05) is 0 Å². The number of hydrogen-bond donors (Lipinski definition) is 2. The van der Waals surface area contributed by atoms with Gasteiger partial charge in [-0.1, -0.05) is 170 Å². The van der Waals surface area contributed by atoms with Gasteiger partial charge in [0.15, 0.2) is 0 Å². The fraction of sp³-hybridized carbons (Fsp3) is 0. The zero-order valence-corrected chi connectivity index (χ0v) is 34.7. The SMILES string of the molecule is C1=C(c2ccccc2)c2nc1cc1ccc(cc3nc(cc4[nH]c(c2-c2ccccc2)c(-c2ccccc2)c4-c2ccccc2)-c2ccc4ccc5cc6ccccc6cc5c4c2-3)[nH]1. The highest BCUT2D eigenvalue weighted by Crippen LogP contribution is 2.48. The lowest BCUT2D eigenvalue weighted by Crippen LogP contribution is -1.92. The third kappa shape index (κ3) is 5.92. The predicted octanol–water partition coefficient (Wildman–Crippen LogP) is 15.7. The van der Waals surface area contributed by atoms with Crippen LogP contribution >= 0.6 is 0 Å². The average molecular weight is 815 g/mol. The van der Waals surface area contributed by atoms with Gasteiger partial charge in [0.1, 0.15) is 0 Å². The Morgan fingerprint density at radius 2 is 0.938 bits per heavy atom. The first kappa shape index (κ1) is 36.1. The second-order valence-electron chi connectivity index (χ2n) is 16.7. The summed E-state index contributed by atoms with van der Waals surface area (Å²) in [6.07, 6.45) is 2.23. The summed E-state index contributed by atoms with van der Waals surface area (Å²) in [5.74, 6) is 0. The molecule has 0 atom stereocenters. The largest absolute Gasteiger partial charge is 0.355 e. The van der Waals surface area contributed by atoms with E-state index in [0.29, 0.717) is 0 Å². The molecule has 8 bridgehead atoms. The zero-order valence-electron chi connectivity index (χ0n) is 34.7. The van der Waals surface area contributed by atoms with E-state index in [-0.39, 0.29) is 0 Å². The summed E-state index contributed by atoms with van der Waals surface area (Å²) in [6, 6.07) is 76.1. The Labute approximate surface area is 369 Å². The van der Waals surface area contributed by atoms with Crippen LogP contribution in [0.1, 0.15) is 17.0 Å². The highest BCUT2D eigenvalue weighted by Gasteiger charge is 2.26. The summed E-state index contributed by atoms with van der Waals surface area (Å²) in [4.78, 5) is 19.0. The molecule has 2 N–H and O–H groups in total. The monoisotopic (exact) mass is 814 g/mol. The maximum absolute atomic E-state index is 5.60. The van der Waals surface area contributed by atoms with E-state index in [0.717, 1.165) is 100 Å². The molecular weight excluding hydrogens is 777 g/mol. The van der Waals surface area contributed by atoms with Crippen LogP contribution < -0.4 is 0 Å². The molecule has 4 heteroatoms. The van der Waals surface area contributed by atoms with Crippen LogP contribution in [0, 0.1) is 0 Å². The summed E-state index contributed by atoms with van der Waals surface area (Å²) in [7, 11) is 0. The van der Waals surface area contributed by atoms with Crippen molar-refractivity contribution < 1.29 is 0 Å². The van der Waals surface area contributed by atoms with Gasteiger partial charge < -0.3 is 9.97 Å². The van der Waals surface area contributed by atoms with Crippen LogP contribution in [0.5, 0.6) is 0 Å². The molecule has 3 aromatic heterocycles. The molecule has 13 rings (SSSR count). The molecule has 2 aliphatic heterocycles. The quantitative estimate of drug-likeness (QED) is 0.137. The standard InChI is InChI=1S/C60H38N4/c1-5-15-37(16-6-1)50-34-47-33-45-28-29-46(61-45)35-52-58-48(30-27-41-25-26-44-31-42-23-13-14-24-43(42)32-49(44)54(41)58)51(63-52)36-53-55(38-17-7-2-8-18-38)56(39-19-9-3-10-20-39)60(64-53)57(59(50)62-47)40-21-11-4-12-22-40/h1-36,61,64H. The van der Waals surface area contributed by atoms with E-state index in [2.05, 4.69) is 228 Å². The van der Waals surface area contributed by atoms with Crippen LogP contribution in [0.3, 0.4) is 0 Å². The number of rotatable bonds is 4. The minimum atomic E-state index is 0.870. The molecule has 0 saturated carbocycles. The maximum Gasteiger partial charge on any atom is 0.0815 e. The Morgan fingerprint density at radius 3 is 1.64 bits per heavy atom. The first-order chi connectivity index (χ1) is 31.7. The molecule has 0 fully saturated rings. The highest BCUT2D eigenvalue weighted by atomic mass is 14.8. The van der Waals surface area contributed by atoms with E-state index < -0.39 is 0 Å². The van der Waals surface area contributed by atoms with Crippen molar-refractivity contribution in [3.63, 3.8) is 0 Å². The number of hydrogen-bond acceptors (Lipinski definition) is 2. The molecule has 0 spiro atoms. The zero-order chi connectivity index (χ0) is 42.1. The third-order valence-corrected chi connectivity index (χ3v) is 12.8. The molecule has 0 amide bonds. The topological polar surface area (TPSA) is 57.4 Å². The molecule has 2 aliphatic rings. The third-order valence-electron chi connectivity index (χ3n) is 12.8. The molecule has 4 nitrogen and oxygen atoms in total. The van der Waals surface area contributed by atoms with Crippen molar-refractivity contribution in [3.05, 3.63) is 229 Å². The maximum atomic E-state index is 5.60. The van der Waals surface area contributed by atoms with Crippen LogP contribution in [0.2, 0.25) is 0 Å². The molecule has 8 aromatic carbocycles. The van der Waals surface area contributed by atoms with E-state index in [1.165, 1.54) is 32.3 Å². The Bertz CT molecular complexity index is 3860. The van der Waals surface area contributed by atoms with Crippen LogP contribution in [-0.2, 0) is 0 Å². The summed E-state index contributed by atoms with van der Waals surface area (Å²) in [6.45, 7) is 0. The average Bonchev–Trinajstić information content (AvgIpc) is 4.15. The van der Waals surface area contributed by atoms with Crippen molar-refractivity contribution in [1.82, 2.24) is 19.9 Å². The smallest absolute Gasteiger partial charge is 0.0815 e. The highest BCUT2D eigenvalue weighted by molar-refractivity contribution is 6.20.